The molecule has 106 valence electrons. The zero-order valence-electron chi connectivity index (χ0n) is 11.4. The van der Waals surface area contributed by atoms with Crippen LogP contribution < -0.4 is 0 Å². The second-order valence-corrected chi connectivity index (χ2v) is 5.65. The zero-order chi connectivity index (χ0) is 13.8. The molecular weight excluding hydrogens is 310 g/mol. The van der Waals surface area contributed by atoms with Crippen molar-refractivity contribution < 1.29 is 9.53 Å². The molecule has 0 unspecified atom stereocenters. The van der Waals surface area contributed by atoms with E-state index in [4.69, 9.17) is 4.74 Å². The van der Waals surface area contributed by atoms with E-state index in [-0.39, 0.29) is 12.0 Å². The van der Waals surface area contributed by atoms with Crippen molar-refractivity contribution in [2.45, 2.75) is 25.9 Å². The van der Waals surface area contributed by atoms with Crippen molar-refractivity contribution in [3.8, 4) is 0 Å². The van der Waals surface area contributed by atoms with Gasteiger partial charge in [-0.15, -0.1) is 0 Å². The number of piperidine rings is 1. The molecule has 0 radical (unpaired) electrons. The van der Waals surface area contributed by atoms with Gasteiger partial charge in [0.2, 0.25) is 0 Å². The number of ether oxygens (including phenoxy) is 1. The van der Waals surface area contributed by atoms with Gasteiger partial charge in [0.1, 0.15) is 0 Å². The largest absolute Gasteiger partial charge is 0.377 e. The Labute approximate surface area is 122 Å². The van der Waals surface area contributed by atoms with Gasteiger partial charge in [0.05, 0.1) is 24.0 Å². The van der Waals surface area contributed by atoms with Gasteiger partial charge in [-0.1, -0.05) is 15.9 Å². The highest BCUT2D eigenvalue weighted by Gasteiger charge is 2.25. The third kappa shape index (κ3) is 3.57. The summed E-state index contributed by atoms with van der Waals surface area (Å²) in [5, 5.41) is 5.08. The van der Waals surface area contributed by atoms with Crippen LogP contribution in [0, 0.1) is 6.92 Å². The summed E-state index contributed by atoms with van der Waals surface area (Å²) in [6.45, 7) is 4.14. The van der Waals surface area contributed by atoms with E-state index < -0.39 is 0 Å². The van der Waals surface area contributed by atoms with E-state index in [2.05, 4.69) is 21.0 Å². The van der Waals surface area contributed by atoms with Crippen LogP contribution in [0.1, 0.15) is 28.9 Å². The predicted octanol–water partition coefficient (Wildman–Crippen LogP) is 1.74. The average Bonchev–Trinajstić information content (AvgIpc) is 2.75. The molecule has 6 heteroatoms. The molecule has 1 aromatic heterocycles. The molecule has 1 saturated heterocycles. The number of alkyl halides is 1. The minimum Gasteiger partial charge on any atom is -0.377 e. The summed E-state index contributed by atoms with van der Waals surface area (Å²) in [6, 6.07) is 0. The maximum absolute atomic E-state index is 12.4. The molecule has 1 amide bonds. The Balaban J connectivity index is 1.91. The predicted molar refractivity (Wildman–Crippen MR) is 76.6 cm³/mol. The number of carbonyl (C=O) groups excluding carboxylic acids is 1. The number of carbonyl (C=O) groups is 1. The summed E-state index contributed by atoms with van der Waals surface area (Å²) in [5.74, 6) is 0.0875. The first-order valence-electron chi connectivity index (χ1n) is 6.59. The van der Waals surface area contributed by atoms with Crippen LogP contribution in [-0.2, 0) is 11.8 Å². The van der Waals surface area contributed by atoms with Gasteiger partial charge in [0, 0.05) is 31.7 Å². The van der Waals surface area contributed by atoms with E-state index in [1.54, 1.807) is 10.9 Å². The van der Waals surface area contributed by atoms with E-state index >= 15 is 0 Å². The maximum Gasteiger partial charge on any atom is 0.257 e. The van der Waals surface area contributed by atoms with Gasteiger partial charge >= 0.3 is 0 Å². The topological polar surface area (TPSA) is 47.4 Å². The highest BCUT2D eigenvalue weighted by Crippen LogP contribution is 2.17. The van der Waals surface area contributed by atoms with Crippen LogP contribution in [0.25, 0.3) is 0 Å². The number of rotatable bonds is 4. The summed E-state index contributed by atoms with van der Waals surface area (Å²) < 4.78 is 7.38. The molecule has 19 heavy (non-hydrogen) atoms. The molecule has 1 aliphatic heterocycles. The van der Waals surface area contributed by atoms with E-state index in [0.717, 1.165) is 43.6 Å². The second-order valence-electron chi connectivity index (χ2n) is 4.85. The van der Waals surface area contributed by atoms with Crippen LogP contribution >= 0.6 is 15.9 Å². The maximum atomic E-state index is 12.4. The molecule has 0 N–H and O–H groups in total. The molecule has 0 aliphatic carbocycles. The number of likely N-dealkylation sites (tertiary alicyclic amines) is 1. The lowest BCUT2D eigenvalue weighted by atomic mass is 10.1. The smallest absolute Gasteiger partial charge is 0.257 e. The van der Waals surface area contributed by atoms with Crippen molar-refractivity contribution in [1.29, 1.82) is 0 Å². The van der Waals surface area contributed by atoms with E-state index in [0.29, 0.717) is 5.56 Å². The van der Waals surface area contributed by atoms with Gasteiger partial charge in [-0.05, 0) is 19.8 Å². The quantitative estimate of drug-likeness (QED) is 0.790. The lowest BCUT2D eigenvalue weighted by Crippen LogP contribution is -2.41. The van der Waals surface area contributed by atoms with Crippen molar-refractivity contribution in [2.24, 2.45) is 7.05 Å². The molecule has 0 atom stereocenters. The molecular formula is C13H20BrN3O2. The molecule has 0 spiro atoms. The standard InChI is InChI=1S/C13H20BrN3O2/c1-10-12(9-16(2)15-10)13(18)17-6-3-11(4-7-17)19-8-5-14/h9,11H,3-8H2,1-2H3. The number of nitrogens with zero attached hydrogens (tertiary/aromatic N) is 3. The number of hydrogen-bond donors (Lipinski definition) is 0. The molecule has 1 fully saturated rings. The third-order valence-corrected chi connectivity index (χ3v) is 3.73. The fourth-order valence-electron chi connectivity index (χ4n) is 2.42. The van der Waals surface area contributed by atoms with Crippen LogP contribution in [-0.4, -0.2) is 51.7 Å². The van der Waals surface area contributed by atoms with Gasteiger partial charge in [0.15, 0.2) is 0 Å². The fourth-order valence-corrected chi connectivity index (χ4v) is 2.60. The molecule has 0 bridgehead atoms. The first-order chi connectivity index (χ1) is 9.11. The first kappa shape index (κ1) is 14.5. The van der Waals surface area contributed by atoms with Crippen molar-refractivity contribution in [2.75, 3.05) is 25.0 Å². The fraction of sp³-hybridized carbons (Fsp3) is 0.692. The van der Waals surface area contributed by atoms with Crippen LogP contribution in [0.15, 0.2) is 6.20 Å². The summed E-state index contributed by atoms with van der Waals surface area (Å²) in [5.41, 5.74) is 1.51. The van der Waals surface area contributed by atoms with E-state index in [9.17, 15) is 4.79 Å². The average molecular weight is 330 g/mol. The van der Waals surface area contributed by atoms with Crippen LogP contribution in [0.5, 0.6) is 0 Å². The Bertz CT molecular complexity index is 439. The van der Waals surface area contributed by atoms with E-state index in [1.807, 2.05) is 18.9 Å². The van der Waals surface area contributed by atoms with Crippen LogP contribution in [0.3, 0.4) is 0 Å². The van der Waals surface area contributed by atoms with Crippen molar-refractivity contribution in [3.05, 3.63) is 17.5 Å². The summed E-state index contributed by atoms with van der Waals surface area (Å²) >= 11 is 3.35. The lowest BCUT2D eigenvalue weighted by molar-refractivity contribution is 0.0160. The second kappa shape index (κ2) is 6.52. The summed E-state index contributed by atoms with van der Waals surface area (Å²) in [6.07, 6.45) is 3.91. The Morgan fingerprint density at radius 2 is 2.21 bits per heavy atom. The van der Waals surface area contributed by atoms with Gasteiger partial charge in [-0.2, -0.15) is 5.10 Å². The molecule has 0 aromatic carbocycles. The minimum atomic E-state index is 0.0875. The number of amides is 1. The number of halogens is 1. The monoisotopic (exact) mass is 329 g/mol. The number of aryl methyl sites for hydroxylation is 2. The SMILES string of the molecule is Cc1nn(C)cc1C(=O)N1CCC(OCCBr)CC1. The van der Waals surface area contributed by atoms with Crippen molar-refractivity contribution >= 4 is 21.8 Å². The van der Waals surface area contributed by atoms with Crippen molar-refractivity contribution in [1.82, 2.24) is 14.7 Å². The molecule has 1 aliphatic rings. The lowest BCUT2D eigenvalue weighted by Gasteiger charge is -2.31. The van der Waals surface area contributed by atoms with Crippen LogP contribution in [0.2, 0.25) is 0 Å². The molecule has 2 heterocycles. The Morgan fingerprint density at radius 1 is 1.53 bits per heavy atom. The molecule has 1 aromatic rings. The first-order valence-corrected chi connectivity index (χ1v) is 7.71. The number of hydrogen-bond acceptors (Lipinski definition) is 3. The van der Waals surface area contributed by atoms with E-state index in [1.165, 1.54) is 0 Å². The van der Waals surface area contributed by atoms with Gasteiger partial charge < -0.3 is 9.64 Å². The molecule has 0 saturated carbocycles. The van der Waals surface area contributed by atoms with Crippen molar-refractivity contribution in [3.63, 3.8) is 0 Å². The summed E-state index contributed by atoms with van der Waals surface area (Å²) in [4.78, 5) is 14.3. The Morgan fingerprint density at radius 3 is 2.74 bits per heavy atom. The molecule has 5 nitrogen and oxygen atoms in total. The van der Waals surface area contributed by atoms with Gasteiger partial charge in [-0.3, -0.25) is 9.48 Å². The third-order valence-electron chi connectivity index (χ3n) is 3.40. The highest BCUT2D eigenvalue weighted by atomic mass is 79.9. The zero-order valence-corrected chi connectivity index (χ0v) is 13.0. The highest BCUT2D eigenvalue weighted by molar-refractivity contribution is 9.09. The van der Waals surface area contributed by atoms with Gasteiger partial charge in [-0.25, -0.2) is 0 Å². The van der Waals surface area contributed by atoms with Crippen LogP contribution in [0.4, 0.5) is 0 Å². The number of aromatic nitrogens is 2. The van der Waals surface area contributed by atoms with Gasteiger partial charge in [0.25, 0.3) is 5.91 Å². The summed E-state index contributed by atoms with van der Waals surface area (Å²) in [7, 11) is 1.84. The molecule has 2 rings (SSSR count). The normalized spacial score (nSPS) is 16.9. The Hall–Kier alpha value is -0.880. The minimum absolute atomic E-state index is 0.0875. The Kier molecular flexibility index (Phi) is 4.99.